The van der Waals surface area contributed by atoms with Crippen LogP contribution in [0.15, 0.2) is 0 Å². The second-order valence-corrected chi connectivity index (χ2v) is 5.65. The van der Waals surface area contributed by atoms with Crippen molar-refractivity contribution in [2.75, 3.05) is 6.54 Å². The smallest absolute Gasteiger partial charge is 0.322 e. The maximum atomic E-state index is 11.3. The molecule has 0 heterocycles. The number of rotatable bonds is 14. The summed E-state index contributed by atoms with van der Waals surface area (Å²) in [5, 5.41) is 20.3. The maximum Gasteiger partial charge on any atom is 0.322 e. The van der Waals surface area contributed by atoms with Crippen LogP contribution in [0.5, 0.6) is 0 Å². The first-order chi connectivity index (χ1) is 10.1. The molecule has 0 saturated carbocycles. The number of carbonyl (C=O) groups excluding carboxylic acids is 1. The number of nitrogens with one attached hydrogen (secondary N) is 1. The van der Waals surface area contributed by atoms with Crippen molar-refractivity contribution in [3.63, 3.8) is 0 Å². The first-order valence-corrected chi connectivity index (χ1v) is 8.22. The molecule has 0 saturated heterocycles. The van der Waals surface area contributed by atoms with Crippen molar-refractivity contribution in [2.45, 2.75) is 83.7 Å². The van der Waals surface area contributed by atoms with Crippen LogP contribution in [0.2, 0.25) is 0 Å². The molecule has 0 aromatic carbocycles. The quantitative estimate of drug-likeness (QED) is 0.431. The number of amides is 1. The van der Waals surface area contributed by atoms with E-state index in [2.05, 4.69) is 12.2 Å². The zero-order valence-corrected chi connectivity index (χ0v) is 13.3. The molecule has 0 aromatic heterocycles. The number of carboxylic acids is 1. The summed E-state index contributed by atoms with van der Waals surface area (Å²) in [6.07, 6.45) is 10.9. The Hall–Kier alpha value is -1.10. The molecule has 3 N–H and O–H groups in total. The molecule has 0 spiro atoms. The fourth-order valence-corrected chi connectivity index (χ4v) is 2.25. The molecule has 5 nitrogen and oxygen atoms in total. The summed E-state index contributed by atoms with van der Waals surface area (Å²) in [5.41, 5.74) is 0. The molecule has 1 amide bonds. The van der Waals surface area contributed by atoms with Gasteiger partial charge >= 0.3 is 5.97 Å². The third kappa shape index (κ3) is 15.1. The third-order valence-corrected chi connectivity index (χ3v) is 3.50. The van der Waals surface area contributed by atoms with Crippen LogP contribution in [0.3, 0.4) is 0 Å². The first kappa shape index (κ1) is 19.9. The molecule has 0 radical (unpaired) electrons. The predicted molar refractivity (Wildman–Crippen MR) is 83.1 cm³/mol. The highest BCUT2D eigenvalue weighted by Gasteiger charge is 2.11. The normalized spacial score (nSPS) is 12.1. The van der Waals surface area contributed by atoms with Crippen LogP contribution in [0, 0.1) is 0 Å². The monoisotopic (exact) mass is 301 g/mol. The number of hydrogen-bond donors (Lipinski definition) is 3. The molecule has 0 aliphatic rings. The van der Waals surface area contributed by atoms with Crippen molar-refractivity contribution in [2.24, 2.45) is 0 Å². The van der Waals surface area contributed by atoms with E-state index >= 15 is 0 Å². The lowest BCUT2D eigenvalue weighted by atomic mass is 10.0. The number of aliphatic hydroxyl groups excluding tert-OH is 1. The summed E-state index contributed by atoms with van der Waals surface area (Å²) in [6.45, 7) is 1.83. The average molecular weight is 301 g/mol. The first-order valence-electron chi connectivity index (χ1n) is 8.22. The standard InChI is InChI=1S/C16H31NO4/c1-2-3-4-5-6-7-8-9-10-11-14(18)12-15(19)17-13-16(20)21/h14,18H,2-13H2,1H3,(H,17,19)(H,20,21)/t14-/m1/s1. The van der Waals surface area contributed by atoms with E-state index in [1.165, 1.54) is 44.9 Å². The van der Waals surface area contributed by atoms with E-state index in [0.717, 1.165) is 12.8 Å². The van der Waals surface area contributed by atoms with E-state index in [-0.39, 0.29) is 13.0 Å². The molecule has 124 valence electrons. The van der Waals surface area contributed by atoms with Crippen molar-refractivity contribution >= 4 is 11.9 Å². The van der Waals surface area contributed by atoms with E-state index in [0.29, 0.717) is 6.42 Å². The predicted octanol–water partition coefficient (Wildman–Crippen LogP) is 2.86. The Bertz CT molecular complexity index is 281. The zero-order valence-electron chi connectivity index (χ0n) is 13.3. The number of aliphatic carboxylic acids is 1. The molecule has 0 bridgehead atoms. The van der Waals surface area contributed by atoms with Gasteiger partial charge in [0.15, 0.2) is 0 Å². The van der Waals surface area contributed by atoms with Crippen LogP contribution in [-0.2, 0) is 9.59 Å². The summed E-state index contributed by atoms with van der Waals surface area (Å²) < 4.78 is 0. The Kier molecular flexibility index (Phi) is 13.1. The molecule has 21 heavy (non-hydrogen) atoms. The van der Waals surface area contributed by atoms with Gasteiger partial charge in [-0.1, -0.05) is 64.7 Å². The van der Waals surface area contributed by atoms with Crippen molar-refractivity contribution in [1.29, 1.82) is 0 Å². The molecule has 0 aliphatic carbocycles. The molecular formula is C16H31NO4. The Balaban J connectivity index is 3.35. The number of carbonyl (C=O) groups is 2. The molecule has 0 rings (SSSR count). The van der Waals surface area contributed by atoms with Gasteiger partial charge in [-0.2, -0.15) is 0 Å². The lowest BCUT2D eigenvalue weighted by molar-refractivity contribution is -0.138. The molecule has 0 aromatic rings. The Morgan fingerprint density at radius 3 is 2.00 bits per heavy atom. The maximum absolute atomic E-state index is 11.3. The van der Waals surface area contributed by atoms with Gasteiger partial charge in [0, 0.05) is 0 Å². The van der Waals surface area contributed by atoms with E-state index in [1.54, 1.807) is 0 Å². The SMILES string of the molecule is CCCCCCCCCCC[C@@H](O)CC(=O)NCC(=O)O. The number of unbranched alkanes of at least 4 members (excludes halogenated alkanes) is 8. The van der Waals surface area contributed by atoms with Crippen LogP contribution in [-0.4, -0.2) is 34.7 Å². The number of aliphatic hydroxyl groups is 1. The third-order valence-electron chi connectivity index (χ3n) is 3.50. The van der Waals surface area contributed by atoms with Gasteiger partial charge in [0.25, 0.3) is 0 Å². The second kappa shape index (κ2) is 13.9. The summed E-state index contributed by atoms with van der Waals surface area (Å²) >= 11 is 0. The second-order valence-electron chi connectivity index (χ2n) is 5.65. The molecular weight excluding hydrogens is 270 g/mol. The lowest BCUT2D eigenvalue weighted by Gasteiger charge is -2.10. The van der Waals surface area contributed by atoms with E-state index in [4.69, 9.17) is 5.11 Å². The van der Waals surface area contributed by atoms with Gasteiger partial charge in [-0.05, 0) is 6.42 Å². The van der Waals surface area contributed by atoms with Gasteiger partial charge in [0.2, 0.25) is 5.91 Å². The molecule has 0 fully saturated rings. The lowest BCUT2D eigenvalue weighted by Crippen LogP contribution is -2.31. The van der Waals surface area contributed by atoms with E-state index in [1.807, 2.05) is 0 Å². The Morgan fingerprint density at radius 1 is 0.952 bits per heavy atom. The fourth-order valence-electron chi connectivity index (χ4n) is 2.25. The highest BCUT2D eigenvalue weighted by molar-refractivity contribution is 5.81. The highest BCUT2D eigenvalue weighted by Crippen LogP contribution is 2.12. The molecule has 5 heteroatoms. The molecule has 0 unspecified atom stereocenters. The van der Waals surface area contributed by atoms with Gasteiger partial charge in [0.1, 0.15) is 6.54 Å². The zero-order chi connectivity index (χ0) is 15.9. The van der Waals surface area contributed by atoms with Crippen LogP contribution >= 0.6 is 0 Å². The van der Waals surface area contributed by atoms with E-state index in [9.17, 15) is 14.7 Å². The van der Waals surface area contributed by atoms with Gasteiger partial charge in [-0.25, -0.2) is 0 Å². The van der Waals surface area contributed by atoms with Gasteiger partial charge < -0.3 is 15.5 Å². The number of hydrogen-bond acceptors (Lipinski definition) is 3. The van der Waals surface area contributed by atoms with Gasteiger partial charge in [0.05, 0.1) is 12.5 Å². The average Bonchev–Trinajstić information content (AvgIpc) is 2.43. The fraction of sp³-hybridized carbons (Fsp3) is 0.875. The topological polar surface area (TPSA) is 86.6 Å². The highest BCUT2D eigenvalue weighted by atomic mass is 16.4. The Morgan fingerprint density at radius 2 is 1.48 bits per heavy atom. The number of carboxylic acid groups (broad SMARTS) is 1. The summed E-state index contributed by atoms with van der Waals surface area (Å²) in [6, 6.07) is 0. The van der Waals surface area contributed by atoms with Gasteiger partial charge in [-0.3, -0.25) is 9.59 Å². The van der Waals surface area contributed by atoms with Crippen LogP contribution < -0.4 is 5.32 Å². The minimum absolute atomic E-state index is 0.00963. The van der Waals surface area contributed by atoms with Crippen LogP contribution in [0.25, 0.3) is 0 Å². The van der Waals surface area contributed by atoms with Crippen molar-refractivity contribution in [3.05, 3.63) is 0 Å². The summed E-state index contributed by atoms with van der Waals surface area (Å²) in [4.78, 5) is 21.6. The largest absolute Gasteiger partial charge is 0.480 e. The van der Waals surface area contributed by atoms with Crippen molar-refractivity contribution in [1.82, 2.24) is 5.32 Å². The van der Waals surface area contributed by atoms with Crippen molar-refractivity contribution < 1.29 is 19.8 Å². The van der Waals surface area contributed by atoms with Gasteiger partial charge in [-0.15, -0.1) is 0 Å². The Labute approximate surface area is 128 Å². The van der Waals surface area contributed by atoms with Crippen LogP contribution in [0.1, 0.15) is 77.6 Å². The molecule has 1 atom stereocenters. The minimum atomic E-state index is -1.07. The molecule has 0 aliphatic heterocycles. The van der Waals surface area contributed by atoms with E-state index < -0.39 is 18.0 Å². The summed E-state index contributed by atoms with van der Waals surface area (Å²) in [7, 11) is 0. The summed E-state index contributed by atoms with van der Waals surface area (Å²) in [5.74, 6) is -1.47. The minimum Gasteiger partial charge on any atom is -0.480 e. The van der Waals surface area contributed by atoms with Crippen LogP contribution in [0.4, 0.5) is 0 Å². The van der Waals surface area contributed by atoms with Crippen molar-refractivity contribution in [3.8, 4) is 0 Å².